The molecule has 0 amide bonds. The van der Waals surface area contributed by atoms with Gasteiger partial charge in [0, 0.05) is 21.8 Å². The molecule has 0 aliphatic carbocycles. The van der Waals surface area contributed by atoms with Crippen molar-refractivity contribution in [3.8, 4) is 0 Å². The van der Waals surface area contributed by atoms with Crippen LogP contribution in [0.5, 0.6) is 0 Å². The van der Waals surface area contributed by atoms with Gasteiger partial charge in [-0.05, 0) is 12.1 Å². The summed E-state index contributed by atoms with van der Waals surface area (Å²) in [6.07, 6.45) is 0. The van der Waals surface area contributed by atoms with Gasteiger partial charge >= 0.3 is 0 Å². The van der Waals surface area contributed by atoms with Crippen LogP contribution in [0.4, 0.5) is 0 Å². The largest absolute Gasteiger partial charge is 0.355 e. The number of hydrogen-bond donors (Lipinski definition) is 1. The van der Waals surface area contributed by atoms with Crippen molar-refractivity contribution < 1.29 is 0 Å². The van der Waals surface area contributed by atoms with Crippen LogP contribution in [-0.4, -0.2) is 13.4 Å². The number of fused-ring (bicyclic) bond motifs is 3. The highest BCUT2D eigenvalue weighted by Crippen LogP contribution is 2.24. The zero-order valence-corrected chi connectivity index (χ0v) is 10.6. The van der Waals surface area contributed by atoms with Crippen molar-refractivity contribution in [2.24, 2.45) is 0 Å². The molecule has 0 bridgehead atoms. The summed E-state index contributed by atoms with van der Waals surface area (Å²) < 4.78 is 0. The molecule has 0 saturated heterocycles. The van der Waals surface area contributed by atoms with Gasteiger partial charge in [0.15, 0.2) is 0 Å². The molecule has 1 aromatic heterocycles. The van der Waals surface area contributed by atoms with Gasteiger partial charge in [0.1, 0.15) is 0 Å². The second-order valence-electron chi connectivity index (χ2n) is 4.37. The lowest BCUT2D eigenvalue weighted by molar-refractivity contribution is 1.55. The van der Waals surface area contributed by atoms with Crippen LogP contribution in [0.3, 0.4) is 0 Å². The summed E-state index contributed by atoms with van der Waals surface area (Å²) in [4.78, 5) is 3.38. The third-order valence-electron chi connectivity index (χ3n) is 3.08. The van der Waals surface area contributed by atoms with E-state index in [1.807, 2.05) is 36.4 Å². The van der Waals surface area contributed by atoms with Crippen LogP contribution in [0.2, 0.25) is 0 Å². The van der Waals surface area contributed by atoms with Crippen LogP contribution in [-0.2, 0) is 0 Å². The summed E-state index contributed by atoms with van der Waals surface area (Å²) in [5, 5.41) is 2.61. The Balaban J connectivity index is 0.000000180. The molecule has 4 aromatic rings. The van der Waals surface area contributed by atoms with Gasteiger partial charge in [-0.15, -0.1) is 0 Å². The van der Waals surface area contributed by atoms with E-state index in [0.717, 1.165) is 0 Å². The maximum Gasteiger partial charge on any atom is 0.0814 e. The molecule has 0 atom stereocenters. The number of aromatic nitrogens is 1. The van der Waals surface area contributed by atoms with Crippen LogP contribution in [0.15, 0.2) is 84.9 Å². The lowest BCUT2D eigenvalue weighted by atomic mass is 10.2. The molecule has 3 aromatic carbocycles. The smallest absolute Gasteiger partial charge is 0.0814 e. The van der Waals surface area contributed by atoms with Gasteiger partial charge in [0.2, 0.25) is 0 Å². The Morgan fingerprint density at radius 1 is 0.450 bits per heavy atom. The molecule has 0 aliphatic rings. The molecule has 2 heteroatoms. The van der Waals surface area contributed by atoms with E-state index in [0.29, 0.717) is 0 Å². The van der Waals surface area contributed by atoms with E-state index in [1.54, 1.807) is 0 Å². The Morgan fingerprint density at radius 3 is 1.20 bits per heavy atom. The van der Waals surface area contributed by atoms with Crippen LogP contribution in [0.25, 0.3) is 21.8 Å². The van der Waals surface area contributed by atoms with Crippen molar-refractivity contribution in [3.63, 3.8) is 0 Å². The van der Waals surface area contributed by atoms with Gasteiger partial charge in [0.05, 0.1) is 8.41 Å². The summed E-state index contributed by atoms with van der Waals surface area (Å²) in [6, 6.07) is 28.8. The normalized spacial score (nSPS) is 9.60. The van der Waals surface area contributed by atoms with Gasteiger partial charge in [0.25, 0.3) is 0 Å². The van der Waals surface area contributed by atoms with Gasteiger partial charge < -0.3 is 4.98 Å². The van der Waals surface area contributed by atoms with Gasteiger partial charge in [-0.1, -0.05) is 72.8 Å². The summed E-state index contributed by atoms with van der Waals surface area (Å²) in [7, 11) is 0. The number of rotatable bonds is 0. The molecular weight excluding hydrogens is 241 g/mol. The topological polar surface area (TPSA) is 15.8 Å². The molecule has 20 heavy (non-hydrogen) atoms. The highest BCUT2D eigenvalue weighted by molar-refractivity contribution is 6.06. The Morgan fingerprint density at radius 2 is 0.800 bits per heavy atom. The maximum atomic E-state index is 3.38. The van der Waals surface area contributed by atoms with Crippen molar-refractivity contribution >= 4 is 30.2 Å². The number of nitrogens with one attached hydrogen (secondary N) is 1. The van der Waals surface area contributed by atoms with E-state index in [1.165, 1.54) is 21.8 Å². The summed E-state index contributed by atoms with van der Waals surface area (Å²) in [5.74, 6) is 0. The maximum absolute atomic E-state index is 3.38. The van der Waals surface area contributed by atoms with Crippen molar-refractivity contribution in [1.82, 2.24) is 4.98 Å². The first kappa shape index (κ1) is 13.9. The fourth-order valence-corrected chi connectivity index (χ4v) is 2.18. The Bertz CT molecular complexity index is 698. The second kappa shape index (κ2) is 6.62. The minimum Gasteiger partial charge on any atom is -0.355 e. The number of H-pyrrole nitrogens is 1. The molecule has 0 radical (unpaired) electrons. The SMILES string of the molecule is B.c1ccc2c(c1)[nH]c1ccccc12.c1ccccc1. The molecule has 0 aliphatic heterocycles. The average Bonchev–Trinajstić information content (AvgIpc) is 2.88. The van der Waals surface area contributed by atoms with Crippen molar-refractivity contribution in [2.45, 2.75) is 0 Å². The van der Waals surface area contributed by atoms with Crippen molar-refractivity contribution in [3.05, 3.63) is 84.9 Å². The van der Waals surface area contributed by atoms with E-state index in [4.69, 9.17) is 0 Å². The van der Waals surface area contributed by atoms with Gasteiger partial charge in [-0.25, -0.2) is 0 Å². The number of hydrogen-bond acceptors (Lipinski definition) is 0. The van der Waals surface area contributed by atoms with Crippen molar-refractivity contribution in [1.29, 1.82) is 0 Å². The van der Waals surface area contributed by atoms with Gasteiger partial charge in [-0.2, -0.15) is 0 Å². The van der Waals surface area contributed by atoms with E-state index in [9.17, 15) is 0 Å². The number of benzene rings is 3. The molecule has 1 N–H and O–H groups in total. The molecule has 0 spiro atoms. The summed E-state index contributed by atoms with van der Waals surface area (Å²) in [5.41, 5.74) is 2.42. The first-order chi connectivity index (χ1) is 9.45. The average molecular weight is 259 g/mol. The predicted molar refractivity (Wildman–Crippen MR) is 92.2 cm³/mol. The molecule has 1 nitrogen and oxygen atoms in total. The van der Waals surface area contributed by atoms with E-state index in [2.05, 4.69) is 53.5 Å². The van der Waals surface area contributed by atoms with Crippen LogP contribution in [0, 0.1) is 0 Å². The Labute approximate surface area is 120 Å². The molecule has 0 unspecified atom stereocenters. The van der Waals surface area contributed by atoms with E-state index in [-0.39, 0.29) is 8.41 Å². The monoisotopic (exact) mass is 259 g/mol. The fourth-order valence-electron chi connectivity index (χ4n) is 2.18. The zero-order chi connectivity index (χ0) is 12.9. The molecular formula is C18H18BN. The van der Waals surface area contributed by atoms with Crippen LogP contribution >= 0.6 is 0 Å². The summed E-state index contributed by atoms with van der Waals surface area (Å²) >= 11 is 0. The van der Waals surface area contributed by atoms with Crippen LogP contribution < -0.4 is 0 Å². The molecule has 0 saturated carbocycles. The molecule has 1 heterocycles. The lowest BCUT2D eigenvalue weighted by Crippen LogP contribution is -1.62. The predicted octanol–water partition coefficient (Wildman–Crippen LogP) is 3.82. The first-order valence-corrected chi connectivity index (χ1v) is 6.40. The third kappa shape index (κ3) is 2.91. The second-order valence-corrected chi connectivity index (χ2v) is 4.37. The highest BCUT2D eigenvalue weighted by Gasteiger charge is 2.00. The quantitative estimate of drug-likeness (QED) is 0.462. The zero-order valence-electron chi connectivity index (χ0n) is 10.6. The molecule has 98 valence electrons. The molecule has 4 rings (SSSR count). The highest BCUT2D eigenvalue weighted by atomic mass is 14.7. The fraction of sp³-hybridized carbons (Fsp3) is 0. The minimum absolute atomic E-state index is 0. The van der Waals surface area contributed by atoms with Gasteiger partial charge in [-0.3, -0.25) is 0 Å². The minimum atomic E-state index is 0. The van der Waals surface area contributed by atoms with E-state index < -0.39 is 0 Å². The van der Waals surface area contributed by atoms with E-state index >= 15 is 0 Å². The number of para-hydroxylation sites is 2. The van der Waals surface area contributed by atoms with Crippen molar-refractivity contribution in [2.75, 3.05) is 0 Å². The first-order valence-electron chi connectivity index (χ1n) is 6.40. The standard InChI is InChI=1S/C12H9N.C6H6.BH3/c1-3-7-11-9(5-1)10-6-2-4-8-12(10)13-11;1-2-4-6-5-3-1;/h1-8,13H;1-6H;1H3. The van der Waals surface area contributed by atoms with Crippen LogP contribution in [0.1, 0.15) is 0 Å². The Kier molecular flexibility index (Phi) is 4.62. The lowest BCUT2D eigenvalue weighted by Gasteiger charge is -1.87. The third-order valence-corrected chi connectivity index (χ3v) is 3.08. The number of aromatic amines is 1. The summed E-state index contributed by atoms with van der Waals surface area (Å²) in [6.45, 7) is 0. The molecule has 0 fully saturated rings. The Hall–Kier alpha value is -2.48.